The van der Waals surface area contributed by atoms with Crippen LogP contribution >= 0.6 is 0 Å². The Bertz CT molecular complexity index is 917. The highest BCUT2D eigenvalue weighted by molar-refractivity contribution is 5.43. The number of hydrogen-bond acceptors (Lipinski definition) is 5. The molecule has 5 heteroatoms. The average Bonchev–Trinajstić information content (AvgIpc) is 2.85. The van der Waals surface area contributed by atoms with E-state index in [9.17, 15) is 5.11 Å². The third-order valence-corrected chi connectivity index (χ3v) is 6.00. The summed E-state index contributed by atoms with van der Waals surface area (Å²) in [5, 5.41) is 11.0. The van der Waals surface area contributed by atoms with Crippen LogP contribution in [0.15, 0.2) is 78.9 Å². The molecule has 1 heterocycles. The predicted octanol–water partition coefficient (Wildman–Crippen LogP) is 4.10. The second kappa shape index (κ2) is 9.96. The van der Waals surface area contributed by atoms with Crippen LogP contribution < -0.4 is 9.47 Å². The van der Waals surface area contributed by atoms with Crippen LogP contribution in [0.25, 0.3) is 0 Å². The molecule has 3 aromatic carbocycles. The first-order valence-corrected chi connectivity index (χ1v) is 10.7. The molecular formula is C26H30N2O3. The topological polar surface area (TPSA) is 45.2 Å². The van der Waals surface area contributed by atoms with Crippen molar-refractivity contribution in [3.05, 3.63) is 95.6 Å². The number of ether oxygens (including phenoxy) is 2. The maximum atomic E-state index is 11.0. The first-order valence-electron chi connectivity index (χ1n) is 10.7. The van der Waals surface area contributed by atoms with Crippen LogP contribution in [0.2, 0.25) is 0 Å². The maximum Gasteiger partial charge on any atom is 0.161 e. The van der Waals surface area contributed by atoms with Gasteiger partial charge in [0.2, 0.25) is 0 Å². The average molecular weight is 419 g/mol. The van der Waals surface area contributed by atoms with Crippen molar-refractivity contribution in [2.75, 3.05) is 40.4 Å². The third kappa shape index (κ3) is 4.74. The van der Waals surface area contributed by atoms with Gasteiger partial charge in [-0.3, -0.25) is 9.80 Å². The Balaban J connectivity index is 1.49. The molecule has 5 nitrogen and oxygen atoms in total. The van der Waals surface area contributed by atoms with Crippen molar-refractivity contribution in [1.82, 2.24) is 9.80 Å². The van der Waals surface area contributed by atoms with E-state index in [2.05, 4.69) is 70.5 Å². The van der Waals surface area contributed by atoms with Gasteiger partial charge in [0.1, 0.15) is 6.23 Å². The highest BCUT2D eigenvalue weighted by Gasteiger charge is 2.29. The molecule has 0 aromatic heterocycles. The van der Waals surface area contributed by atoms with Crippen molar-refractivity contribution in [1.29, 1.82) is 0 Å². The van der Waals surface area contributed by atoms with Gasteiger partial charge in [0, 0.05) is 26.2 Å². The highest BCUT2D eigenvalue weighted by Crippen LogP contribution is 2.33. The van der Waals surface area contributed by atoms with Gasteiger partial charge in [-0.1, -0.05) is 66.7 Å². The molecule has 0 bridgehead atoms. The lowest BCUT2D eigenvalue weighted by molar-refractivity contribution is -0.0322. The van der Waals surface area contributed by atoms with E-state index in [4.69, 9.17) is 9.47 Å². The summed E-state index contributed by atoms with van der Waals surface area (Å²) in [7, 11) is 3.23. The maximum absolute atomic E-state index is 11.0. The third-order valence-electron chi connectivity index (χ3n) is 6.00. The van der Waals surface area contributed by atoms with Crippen molar-refractivity contribution >= 4 is 0 Å². The zero-order valence-corrected chi connectivity index (χ0v) is 18.1. The van der Waals surface area contributed by atoms with E-state index in [1.54, 1.807) is 14.2 Å². The standard InChI is InChI=1S/C26H30N2O3/c1-30-23-14-13-22(19-24(23)31-2)26(29)28-17-15-27(16-18-28)25(20-9-5-3-6-10-20)21-11-7-4-8-12-21/h3-14,19,25-26,29H,15-18H2,1-2H3/t26-/m1/s1. The zero-order valence-electron chi connectivity index (χ0n) is 18.1. The summed E-state index contributed by atoms with van der Waals surface area (Å²) in [6.45, 7) is 3.31. The van der Waals surface area contributed by atoms with Gasteiger partial charge in [0.25, 0.3) is 0 Å². The summed E-state index contributed by atoms with van der Waals surface area (Å²) in [4.78, 5) is 4.62. The second-order valence-corrected chi connectivity index (χ2v) is 7.78. The van der Waals surface area contributed by atoms with E-state index in [0.717, 1.165) is 31.7 Å². The summed E-state index contributed by atoms with van der Waals surface area (Å²) in [5.41, 5.74) is 3.40. The molecule has 0 saturated carbocycles. The van der Waals surface area contributed by atoms with Gasteiger partial charge in [-0.05, 0) is 28.8 Å². The van der Waals surface area contributed by atoms with Crippen LogP contribution in [-0.4, -0.2) is 55.3 Å². The predicted molar refractivity (Wildman–Crippen MR) is 122 cm³/mol. The molecule has 1 saturated heterocycles. The van der Waals surface area contributed by atoms with E-state index in [0.29, 0.717) is 11.5 Å². The fourth-order valence-electron chi connectivity index (χ4n) is 4.35. The van der Waals surface area contributed by atoms with Gasteiger partial charge < -0.3 is 14.6 Å². The fourth-order valence-corrected chi connectivity index (χ4v) is 4.35. The smallest absolute Gasteiger partial charge is 0.161 e. The number of hydrogen-bond donors (Lipinski definition) is 1. The molecule has 1 aliphatic heterocycles. The Labute approximate surface area is 184 Å². The molecule has 3 aromatic rings. The van der Waals surface area contributed by atoms with Crippen molar-refractivity contribution in [3.8, 4) is 11.5 Å². The Morgan fingerprint density at radius 1 is 0.645 bits per heavy atom. The van der Waals surface area contributed by atoms with Gasteiger partial charge in [-0.2, -0.15) is 0 Å². The van der Waals surface area contributed by atoms with E-state index in [-0.39, 0.29) is 6.04 Å². The lowest BCUT2D eigenvalue weighted by Crippen LogP contribution is -2.48. The fraction of sp³-hybridized carbons (Fsp3) is 0.308. The minimum absolute atomic E-state index is 0.211. The van der Waals surface area contributed by atoms with Crippen LogP contribution in [0, 0.1) is 0 Å². The van der Waals surface area contributed by atoms with Gasteiger partial charge in [0.05, 0.1) is 20.3 Å². The summed E-state index contributed by atoms with van der Waals surface area (Å²) in [5.74, 6) is 1.29. The molecule has 162 valence electrons. The Hall–Kier alpha value is -2.86. The molecule has 0 radical (unpaired) electrons. The monoisotopic (exact) mass is 418 g/mol. The zero-order chi connectivity index (χ0) is 21.6. The van der Waals surface area contributed by atoms with Crippen molar-refractivity contribution in [2.45, 2.75) is 12.3 Å². The van der Waals surface area contributed by atoms with Crippen LogP contribution in [0.4, 0.5) is 0 Å². The van der Waals surface area contributed by atoms with Crippen LogP contribution in [0.3, 0.4) is 0 Å². The normalized spacial score (nSPS) is 16.3. The second-order valence-electron chi connectivity index (χ2n) is 7.78. The number of methoxy groups -OCH3 is 2. The molecule has 1 fully saturated rings. The Morgan fingerprint density at radius 3 is 1.68 bits per heavy atom. The summed E-state index contributed by atoms with van der Waals surface area (Å²) >= 11 is 0. The molecule has 4 rings (SSSR count). The van der Waals surface area contributed by atoms with Gasteiger partial charge in [0.15, 0.2) is 11.5 Å². The SMILES string of the molecule is COc1ccc([C@@H](O)N2CCN(C(c3ccccc3)c3ccccc3)CC2)cc1OC. The molecule has 0 amide bonds. The Morgan fingerprint density at radius 2 is 1.16 bits per heavy atom. The molecule has 0 aliphatic carbocycles. The number of aliphatic hydroxyl groups is 1. The Kier molecular flexibility index (Phi) is 6.87. The van der Waals surface area contributed by atoms with Crippen molar-refractivity contribution in [3.63, 3.8) is 0 Å². The number of rotatable bonds is 7. The van der Waals surface area contributed by atoms with Crippen LogP contribution in [0.5, 0.6) is 11.5 Å². The molecule has 1 atom stereocenters. The van der Waals surface area contributed by atoms with E-state index in [1.807, 2.05) is 18.2 Å². The summed E-state index contributed by atoms with van der Waals surface area (Å²) in [6, 6.07) is 27.1. The number of benzene rings is 3. The first kappa shape index (κ1) is 21.4. The lowest BCUT2D eigenvalue weighted by Gasteiger charge is -2.41. The quantitative estimate of drug-likeness (QED) is 0.626. The molecule has 1 aliphatic rings. The molecular weight excluding hydrogens is 388 g/mol. The lowest BCUT2D eigenvalue weighted by atomic mass is 9.96. The number of aliphatic hydroxyl groups excluding tert-OH is 1. The minimum Gasteiger partial charge on any atom is -0.493 e. The largest absolute Gasteiger partial charge is 0.493 e. The molecule has 0 spiro atoms. The van der Waals surface area contributed by atoms with Gasteiger partial charge >= 0.3 is 0 Å². The summed E-state index contributed by atoms with van der Waals surface area (Å²) < 4.78 is 10.7. The van der Waals surface area contributed by atoms with E-state index < -0.39 is 6.23 Å². The molecule has 31 heavy (non-hydrogen) atoms. The first-order chi connectivity index (χ1) is 15.2. The van der Waals surface area contributed by atoms with Crippen LogP contribution in [0.1, 0.15) is 29.0 Å². The highest BCUT2D eigenvalue weighted by atomic mass is 16.5. The van der Waals surface area contributed by atoms with Crippen molar-refractivity contribution < 1.29 is 14.6 Å². The van der Waals surface area contributed by atoms with Gasteiger partial charge in [-0.25, -0.2) is 0 Å². The van der Waals surface area contributed by atoms with E-state index >= 15 is 0 Å². The van der Waals surface area contributed by atoms with Crippen LogP contribution in [-0.2, 0) is 0 Å². The number of piperazine rings is 1. The minimum atomic E-state index is -0.672. The summed E-state index contributed by atoms with van der Waals surface area (Å²) in [6.07, 6.45) is -0.672. The number of nitrogens with zero attached hydrogens (tertiary/aromatic N) is 2. The van der Waals surface area contributed by atoms with E-state index in [1.165, 1.54) is 11.1 Å². The van der Waals surface area contributed by atoms with Crippen molar-refractivity contribution in [2.24, 2.45) is 0 Å². The molecule has 1 N–H and O–H groups in total. The molecule has 0 unspecified atom stereocenters. The van der Waals surface area contributed by atoms with Gasteiger partial charge in [-0.15, -0.1) is 0 Å².